The number of amides is 1. The van der Waals surface area contributed by atoms with Crippen molar-refractivity contribution in [1.29, 1.82) is 0 Å². The van der Waals surface area contributed by atoms with Crippen molar-refractivity contribution in [1.82, 2.24) is 4.98 Å². The highest BCUT2D eigenvalue weighted by molar-refractivity contribution is 7.91. The topological polar surface area (TPSA) is 123 Å². The van der Waals surface area contributed by atoms with Gasteiger partial charge in [-0.3, -0.25) is 4.79 Å². The maximum Gasteiger partial charge on any atom is 0.341 e. The number of benzene rings is 3. The van der Waals surface area contributed by atoms with Crippen LogP contribution in [-0.4, -0.2) is 42.7 Å². The number of aryl methyl sites for hydroxylation is 1. The molecule has 0 spiro atoms. The summed E-state index contributed by atoms with van der Waals surface area (Å²) in [5, 5.41) is 13.4. The van der Waals surface area contributed by atoms with E-state index in [0.29, 0.717) is 35.0 Å². The van der Waals surface area contributed by atoms with Gasteiger partial charge in [-0.2, -0.15) is 0 Å². The van der Waals surface area contributed by atoms with Gasteiger partial charge >= 0.3 is 5.97 Å². The number of nitrogens with zero attached hydrogens (tertiary/aromatic N) is 1. The molecule has 0 unspecified atom stereocenters. The molecule has 1 amide bonds. The molecule has 4 aromatic rings. The van der Waals surface area contributed by atoms with Crippen LogP contribution >= 0.6 is 22.9 Å². The van der Waals surface area contributed by atoms with E-state index in [9.17, 15) is 18.0 Å². The highest BCUT2D eigenvalue weighted by Crippen LogP contribution is 2.36. The lowest BCUT2D eigenvalue weighted by Gasteiger charge is -2.19. The lowest BCUT2D eigenvalue weighted by Crippen LogP contribution is -2.15. The summed E-state index contributed by atoms with van der Waals surface area (Å²) in [6.07, 6.45) is 12.9. The van der Waals surface area contributed by atoms with Crippen molar-refractivity contribution in [2.45, 2.75) is 55.8 Å². The monoisotopic (exact) mass is 678 g/mol. The van der Waals surface area contributed by atoms with Gasteiger partial charge in [0.2, 0.25) is 0 Å². The fraction of sp³-hybridized carbons (Fsp3) is 0.286. The molecule has 1 saturated carbocycles. The minimum Gasteiger partial charge on any atom is -0.480 e. The van der Waals surface area contributed by atoms with Gasteiger partial charge in [0.05, 0.1) is 16.3 Å². The predicted molar refractivity (Wildman–Crippen MR) is 183 cm³/mol. The minimum atomic E-state index is -3.50. The predicted octanol–water partition coefficient (Wildman–Crippen LogP) is 8.14. The lowest BCUT2D eigenvalue weighted by atomic mass is 9.89. The van der Waals surface area contributed by atoms with E-state index in [4.69, 9.17) is 21.4 Å². The summed E-state index contributed by atoms with van der Waals surface area (Å²) in [7, 11) is -3.50. The second-order valence-electron chi connectivity index (χ2n) is 11.2. The summed E-state index contributed by atoms with van der Waals surface area (Å²) in [5.74, 6) is -0.824. The van der Waals surface area contributed by atoms with Gasteiger partial charge in [-0.05, 0) is 97.3 Å². The summed E-state index contributed by atoms with van der Waals surface area (Å²) in [6.45, 7) is -0.582. The van der Waals surface area contributed by atoms with Crippen LogP contribution < -0.4 is 10.1 Å². The van der Waals surface area contributed by atoms with Gasteiger partial charge in [0.15, 0.2) is 16.4 Å². The fourth-order valence-corrected chi connectivity index (χ4v) is 7.85. The molecule has 3 aromatic carbocycles. The van der Waals surface area contributed by atoms with E-state index in [0.717, 1.165) is 16.1 Å². The first-order valence-electron chi connectivity index (χ1n) is 15.2. The standard InChI is InChI=1S/C35H35ClN2O6S2/c36-28-13-15-29(16-14-28)46(42,43)19-5-7-25-11-17-31(44-23-34(39)40)30(21-25)38-35(41)27-10-4-6-24(20-27)12-18-33-37-22-32(45-33)26-8-2-1-3-9-26/h4,6,10-18,20-22,26H,1-3,5,7-9,19,23H2,(H,38,41)(H,39,40). The molecular weight excluding hydrogens is 644 g/mol. The number of aromatic nitrogens is 1. The number of aliphatic carboxylic acids is 1. The van der Waals surface area contributed by atoms with Crippen molar-refractivity contribution >= 4 is 62.5 Å². The second kappa shape index (κ2) is 15.5. The molecule has 46 heavy (non-hydrogen) atoms. The molecule has 1 aliphatic rings. The third-order valence-electron chi connectivity index (χ3n) is 7.81. The average Bonchev–Trinajstić information content (AvgIpc) is 3.53. The van der Waals surface area contributed by atoms with Crippen LogP contribution in [0.3, 0.4) is 0 Å². The van der Waals surface area contributed by atoms with Gasteiger partial charge in [0, 0.05) is 21.7 Å². The van der Waals surface area contributed by atoms with Crippen molar-refractivity contribution in [2.75, 3.05) is 17.7 Å². The molecule has 11 heteroatoms. The zero-order valence-electron chi connectivity index (χ0n) is 25.2. The number of halogens is 1. The number of thiazole rings is 1. The maximum absolute atomic E-state index is 13.3. The Morgan fingerprint density at radius 1 is 1.02 bits per heavy atom. The summed E-state index contributed by atoms with van der Waals surface area (Å²) >= 11 is 7.60. The second-order valence-corrected chi connectivity index (χ2v) is 14.9. The van der Waals surface area contributed by atoms with Crippen LogP contribution in [0.4, 0.5) is 5.69 Å². The number of anilines is 1. The largest absolute Gasteiger partial charge is 0.480 e. The van der Waals surface area contributed by atoms with Gasteiger partial charge in [-0.25, -0.2) is 18.2 Å². The number of carboxylic acid groups (broad SMARTS) is 1. The Bertz CT molecular complexity index is 1810. The number of hydrogen-bond donors (Lipinski definition) is 2. The molecule has 0 radical (unpaired) electrons. The molecule has 0 atom stereocenters. The molecule has 1 aliphatic carbocycles. The van der Waals surface area contributed by atoms with E-state index >= 15 is 0 Å². The molecule has 1 fully saturated rings. The molecule has 8 nitrogen and oxygen atoms in total. The fourth-order valence-electron chi connectivity index (χ4n) is 5.42. The number of carbonyl (C=O) groups is 2. The number of carbonyl (C=O) groups excluding carboxylic acids is 1. The Morgan fingerprint density at radius 3 is 2.57 bits per heavy atom. The molecular formula is C35H35ClN2O6S2. The van der Waals surface area contributed by atoms with E-state index in [2.05, 4.69) is 10.3 Å². The highest BCUT2D eigenvalue weighted by Gasteiger charge is 2.18. The van der Waals surface area contributed by atoms with Crippen molar-refractivity contribution in [3.8, 4) is 5.75 Å². The zero-order valence-corrected chi connectivity index (χ0v) is 27.5. The summed E-state index contributed by atoms with van der Waals surface area (Å²) < 4.78 is 30.9. The first-order valence-corrected chi connectivity index (χ1v) is 18.0. The molecule has 0 bridgehead atoms. The molecule has 0 saturated heterocycles. The van der Waals surface area contributed by atoms with Crippen LogP contribution in [0.5, 0.6) is 5.75 Å². The van der Waals surface area contributed by atoms with Crippen molar-refractivity contribution < 1.29 is 27.9 Å². The van der Waals surface area contributed by atoms with E-state index in [1.165, 1.54) is 49.1 Å². The molecule has 1 heterocycles. The third kappa shape index (κ3) is 9.28. The smallest absolute Gasteiger partial charge is 0.341 e. The SMILES string of the molecule is O=C(O)COc1ccc(CCCS(=O)(=O)c2ccc(Cl)cc2)cc1NC(=O)c1cccc(C=Cc2ncc(C3CCCCC3)s2)c1. The van der Waals surface area contributed by atoms with Crippen LogP contribution in [0.1, 0.15) is 75.8 Å². The van der Waals surface area contributed by atoms with Gasteiger partial charge in [0.1, 0.15) is 10.8 Å². The van der Waals surface area contributed by atoms with Crippen LogP contribution in [0.2, 0.25) is 5.02 Å². The van der Waals surface area contributed by atoms with Crippen molar-refractivity contribution in [2.24, 2.45) is 0 Å². The lowest BCUT2D eigenvalue weighted by molar-refractivity contribution is -0.139. The van der Waals surface area contributed by atoms with Gasteiger partial charge in [-0.1, -0.05) is 55.1 Å². The molecule has 5 rings (SSSR count). The molecule has 2 N–H and O–H groups in total. The van der Waals surface area contributed by atoms with Crippen LogP contribution in [0.15, 0.2) is 77.8 Å². The number of hydrogen-bond acceptors (Lipinski definition) is 7. The first-order chi connectivity index (χ1) is 22.2. The maximum atomic E-state index is 13.3. The van der Waals surface area contributed by atoms with Crippen LogP contribution in [0, 0.1) is 0 Å². The normalized spacial score (nSPS) is 13.9. The van der Waals surface area contributed by atoms with Gasteiger partial charge in [-0.15, -0.1) is 11.3 Å². The minimum absolute atomic E-state index is 0.0726. The summed E-state index contributed by atoms with van der Waals surface area (Å²) in [5.41, 5.74) is 2.30. The summed E-state index contributed by atoms with van der Waals surface area (Å²) in [4.78, 5) is 30.6. The Morgan fingerprint density at radius 2 is 1.80 bits per heavy atom. The number of rotatable bonds is 13. The van der Waals surface area contributed by atoms with E-state index in [-0.39, 0.29) is 16.4 Å². The van der Waals surface area contributed by atoms with Gasteiger partial charge < -0.3 is 15.2 Å². The number of nitrogens with one attached hydrogen (secondary N) is 1. The quantitative estimate of drug-likeness (QED) is 0.146. The Labute approximate surface area is 278 Å². The molecule has 0 aliphatic heterocycles. The number of sulfone groups is 1. The van der Waals surface area contributed by atoms with Gasteiger partial charge in [0.25, 0.3) is 5.91 Å². The average molecular weight is 679 g/mol. The van der Waals surface area contributed by atoms with Crippen molar-refractivity contribution in [3.63, 3.8) is 0 Å². The van der Waals surface area contributed by atoms with E-state index in [1.807, 2.05) is 24.4 Å². The van der Waals surface area contributed by atoms with Crippen LogP contribution in [-0.2, 0) is 21.1 Å². The Kier molecular flexibility index (Phi) is 11.3. The van der Waals surface area contributed by atoms with Crippen molar-refractivity contribution in [3.05, 3.63) is 105 Å². The Hall–Kier alpha value is -3.99. The number of carboxylic acids is 1. The first kappa shape index (κ1) is 33.4. The van der Waals surface area contributed by atoms with E-state index in [1.54, 1.807) is 59.9 Å². The van der Waals surface area contributed by atoms with Crippen LogP contribution in [0.25, 0.3) is 12.2 Å². The number of ether oxygens (including phenoxy) is 1. The highest BCUT2D eigenvalue weighted by atomic mass is 35.5. The zero-order chi connectivity index (χ0) is 32.5. The third-order valence-corrected chi connectivity index (χ3v) is 11.0. The summed E-state index contributed by atoms with van der Waals surface area (Å²) in [6, 6.07) is 18.2. The molecule has 240 valence electrons. The van der Waals surface area contributed by atoms with E-state index < -0.39 is 28.3 Å². The molecule has 1 aromatic heterocycles. The Balaban J connectivity index is 1.26.